The molecule has 1 aromatic carbocycles. The molecule has 76 valence electrons. The van der Waals surface area contributed by atoms with Gasteiger partial charge in [-0.2, -0.15) is 0 Å². The molecule has 1 heterocycles. The van der Waals surface area contributed by atoms with Crippen LogP contribution in [0.3, 0.4) is 0 Å². The first-order valence-corrected chi connectivity index (χ1v) is 4.86. The largest absolute Gasteiger partial charge is 0.449 e. The van der Waals surface area contributed by atoms with Gasteiger partial charge in [0.25, 0.3) is 0 Å². The third-order valence-corrected chi connectivity index (χ3v) is 2.58. The Labute approximate surface area is 83.0 Å². The second-order valence-electron chi connectivity index (χ2n) is 3.67. The third kappa shape index (κ3) is 1.38. The molecule has 1 aliphatic rings. The quantitative estimate of drug-likeness (QED) is 0.729. The summed E-state index contributed by atoms with van der Waals surface area (Å²) < 4.78 is 5.19. The Kier molecular flexibility index (Phi) is 2.21. The molecule has 1 unspecified atom stereocenters. The molecule has 0 fully saturated rings. The van der Waals surface area contributed by atoms with Gasteiger partial charge < -0.3 is 14.9 Å². The van der Waals surface area contributed by atoms with Crippen LogP contribution < -0.4 is 4.74 Å². The van der Waals surface area contributed by atoms with Gasteiger partial charge in [0.2, 0.25) is 0 Å². The van der Waals surface area contributed by atoms with Crippen LogP contribution in [0.4, 0.5) is 0 Å². The molecule has 0 saturated carbocycles. The van der Waals surface area contributed by atoms with E-state index >= 15 is 0 Å². The van der Waals surface area contributed by atoms with Gasteiger partial charge in [-0.1, -0.05) is 25.5 Å². The van der Waals surface area contributed by atoms with Crippen molar-refractivity contribution in [1.29, 1.82) is 0 Å². The molecular formula is C11H14O3. The molecule has 14 heavy (non-hydrogen) atoms. The second-order valence-corrected chi connectivity index (χ2v) is 3.67. The number of fused-ring (bicyclic) bond motifs is 1. The first kappa shape index (κ1) is 9.49. The predicted molar refractivity (Wildman–Crippen MR) is 52.4 cm³/mol. The van der Waals surface area contributed by atoms with E-state index in [-0.39, 0.29) is 6.61 Å². The molecule has 0 saturated heterocycles. The molecular weight excluding hydrogens is 180 g/mol. The molecule has 0 radical (unpaired) electrons. The summed E-state index contributed by atoms with van der Waals surface area (Å²) in [7, 11) is 0. The van der Waals surface area contributed by atoms with Crippen LogP contribution in [0.15, 0.2) is 18.2 Å². The van der Waals surface area contributed by atoms with E-state index in [0.29, 0.717) is 12.0 Å². The maximum absolute atomic E-state index is 10.2. The lowest BCUT2D eigenvalue weighted by Crippen LogP contribution is -2.29. The lowest BCUT2D eigenvalue weighted by atomic mass is 9.90. The van der Waals surface area contributed by atoms with E-state index in [2.05, 4.69) is 0 Å². The molecule has 0 bridgehead atoms. The van der Waals surface area contributed by atoms with Gasteiger partial charge in [-0.05, 0) is 12.5 Å². The van der Waals surface area contributed by atoms with Crippen LogP contribution in [0.5, 0.6) is 11.5 Å². The van der Waals surface area contributed by atoms with E-state index in [4.69, 9.17) is 4.74 Å². The lowest BCUT2D eigenvalue weighted by Gasteiger charge is -2.24. The Bertz CT molecular complexity index is 348. The monoisotopic (exact) mass is 194 g/mol. The minimum Gasteiger partial charge on any atom is -0.449 e. The van der Waals surface area contributed by atoms with Crippen molar-refractivity contribution in [3.63, 3.8) is 0 Å². The molecule has 1 atom stereocenters. The van der Waals surface area contributed by atoms with Crippen molar-refractivity contribution >= 4 is 0 Å². The molecule has 2 rings (SSSR count). The minimum atomic E-state index is -1.14. The average Bonchev–Trinajstić information content (AvgIpc) is 2.96. The lowest BCUT2D eigenvalue weighted by molar-refractivity contribution is -0.0268. The molecule has 3 nitrogen and oxygen atoms in total. The first-order chi connectivity index (χ1) is 6.71. The highest BCUT2D eigenvalue weighted by Crippen LogP contribution is 2.51. The van der Waals surface area contributed by atoms with Crippen LogP contribution in [0.2, 0.25) is 0 Å². The Hall–Kier alpha value is -1.06. The van der Waals surface area contributed by atoms with Gasteiger partial charge >= 0.3 is 0 Å². The second kappa shape index (κ2) is 3.26. The number of hydrogen-bond acceptors (Lipinski definition) is 3. The van der Waals surface area contributed by atoms with Gasteiger partial charge in [0.15, 0.2) is 11.5 Å². The fraction of sp³-hybridized carbons (Fsp3) is 0.455. The Morgan fingerprint density at radius 2 is 2.21 bits per heavy atom. The fourth-order valence-electron chi connectivity index (χ4n) is 1.77. The standard InChI is InChI=1S/C11H14O3/c1-2-6-11(13,7-12)8-4-3-5-9-10(8)14-9/h3-5,12-13H,2,6-7H2,1H3. The Balaban J connectivity index is 2.33. The van der Waals surface area contributed by atoms with Crippen molar-refractivity contribution in [2.75, 3.05) is 6.61 Å². The van der Waals surface area contributed by atoms with E-state index in [9.17, 15) is 10.2 Å². The Morgan fingerprint density at radius 1 is 1.43 bits per heavy atom. The molecule has 1 aromatic rings. The summed E-state index contributed by atoms with van der Waals surface area (Å²) in [6.45, 7) is 1.71. The number of aliphatic hydroxyl groups excluding tert-OH is 1. The van der Waals surface area contributed by atoms with Gasteiger partial charge in [0.1, 0.15) is 5.60 Å². The highest BCUT2D eigenvalue weighted by Gasteiger charge is 2.37. The maximum atomic E-state index is 10.2. The van der Waals surface area contributed by atoms with E-state index in [1.54, 1.807) is 6.07 Å². The van der Waals surface area contributed by atoms with Crippen LogP contribution in [0.1, 0.15) is 25.3 Å². The first-order valence-electron chi connectivity index (χ1n) is 4.86. The zero-order valence-corrected chi connectivity index (χ0v) is 8.16. The van der Waals surface area contributed by atoms with Crippen molar-refractivity contribution in [3.05, 3.63) is 23.8 Å². The molecule has 0 aliphatic carbocycles. The summed E-state index contributed by atoms with van der Waals surface area (Å²) in [5.74, 6) is 1.54. The summed E-state index contributed by atoms with van der Waals surface area (Å²) in [5.41, 5.74) is -0.435. The van der Waals surface area contributed by atoms with Gasteiger partial charge in [-0.3, -0.25) is 0 Å². The number of ether oxygens (including phenoxy) is 1. The number of aliphatic hydroxyl groups is 2. The minimum absolute atomic E-state index is 0.263. The molecule has 0 spiro atoms. The van der Waals surface area contributed by atoms with Gasteiger partial charge in [-0.25, -0.2) is 0 Å². The normalized spacial score (nSPS) is 16.8. The van der Waals surface area contributed by atoms with Crippen molar-refractivity contribution in [2.24, 2.45) is 0 Å². The van der Waals surface area contributed by atoms with Crippen LogP contribution in [-0.4, -0.2) is 16.8 Å². The summed E-state index contributed by atoms with van der Waals surface area (Å²) in [5, 5.41) is 19.4. The Morgan fingerprint density at radius 3 is 2.86 bits per heavy atom. The van der Waals surface area contributed by atoms with Crippen LogP contribution in [0.25, 0.3) is 0 Å². The highest BCUT2D eigenvalue weighted by molar-refractivity contribution is 5.60. The van der Waals surface area contributed by atoms with Gasteiger partial charge in [0.05, 0.1) is 6.61 Å². The molecule has 1 aliphatic heterocycles. The van der Waals surface area contributed by atoms with E-state index in [1.807, 2.05) is 19.1 Å². The number of benzene rings is 1. The summed E-state index contributed by atoms with van der Waals surface area (Å²) in [6.07, 6.45) is 1.37. The number of para-hydroxylation sites is 1. The SMILES string of the molecule is CCCC(O)(CO)c1cccc2c1O2. The average molecular weight is 194 g/mol. The fourth-order valence-corrected chi connectivity index (χ4v) is 1.77. The third-order valence-electron chi connectivity index (χ3n) is 2.58. The topological polar surface area (TPSA) is 53.0 Å². The van der Waals surface area contributed by atoms with Crippen molar-refractivity contribution < 1.29 is 14.9 Å². The van der Waals surface area contributed by atoms with Gasteiger partial charge in [-0.15, -0.1) is 0 Å². The molecule has 3 heteroatoms. The van der Waals surface area contributed by atoms with Crippen LogP contribution in [0, 0.1) is 0 Å². The van der Waals surface area contributed by atoms with Gasteiger partial charge in [0, 0.05) is 5.56 Å². The van der Waals surface area contributed by atoms with Crippen molar-refractivity contribution in [2.45, 2.75) is 25.4 Å². The molecule has 2 N–H and O–H groups in total. The predicted octanol–water partition coefficient (Wildman–Crippen LogP) is 1.77. The highest BCUT2D eigenvalue weighted by atomic mass is 16.6. The van der Waals surface area contributed by atoms with E-state index < -0.39 is 5.60 Å². The number of hydrogen-bond donors (Lipinski definition) is 2. The van der Waals surface area contributed by atoms with E-state index in [1.165, 1.54) is 0 Å². The van der Waals surface area contributed by atoms with Crippen LogP contribution >= 0.6 is 0 Å². The maximum Gasteiger partial charge on any atom is 0.176 e. The summed E-state index contributed by atoms with van der Waals surface area (Å²) >= 11 is 0. The summed E-state index contributed by atoms with van der Waals surface area (Å²) in [4.78, 5) is 0. The molecule has 0 aromatic heterocycles. The number of rotatable bonds is 4. The van der Waals surface area contributed by atoms with Crippen LogP contribution in [-0.2, 0) is 5.60 Å². The molecule has 0 amide bonds. The van der Waals surface area contributed by atoms with E-state index in [0.717, 1.165) is 17.9 Å². The summed E-state index contributed by atoms with van der Waals surface area (Å²) in [6, 6.07) is 5.48. The van der Waals surface area contributed by atoms with Crippen molar-refractivity contribution in [3.8, 4) is 11.5 Å². The zero-order chi connectivity index (χ0) is 10.2. The van der Waals surface area contributed by atoms with Crippen molar-refractivity contribution in [1.82, 2.24) is 0 Å². The smallest absolute Gasteiger partial charge is 0.176 e. The zero-order valence-electron chi connectivity index (χ0n) is 8.16.